The van der Waals surface area contributed by atoms with Gasteiger partial charge in [0.25, 0.3) is 0 Å². The highest BCUT2D eigenvalue weighted by molar-refractivity contribution is 6.20. The first-order valence-corrected chi connectivity index (χ1v) is 5.32. The van der Waals surface area contributed by atoms with E-state index >= 15 is 0 Å². The summed E-state index contributed by atoms with van der Waals surface area (Å²) in [5.41, 5.74) is 2.61. The quantitative estimate of drug-likeness (QED) is 0.625. The first kappa shape index (κ1) is 10.6. The highest BCUT2D eigenvalue weighted by Gasteiger charge is 2.04. The van der Waals surface area contributed by atoms with Gasteiger partial charge in [0.15, 0.2) is 0 Å². The fourth-order valence-electron chi connectivity index (χ4n) is 1.33. The topological polar surface area (TPSA) is 0 Å². The monoisotopic (exact) mass is 196 g/mol. The van der Waals surface area contributed by atoms with Crippen LogP contribution in [0.4, 0.5) is 0 Å². The van der Waals surface area contributed by atoms with E-state index in [0.717, 1.165) is 0 Å². The number of hydrogen-bond donors (Lipinski definition) is 0. The predicted octanol–water partition coefficient (Wildman–Crippen LogP) is 4.50. The maximum atomic E-state index is 5.97. The highest BCUT2D eigenvalue weighted by Crippen LogP contribution is 2.23. The van der Waals surface area contributed by atoms with Crippen molar-refractivity contribution >= 4 is 11.6 Å². The molecule has 0 heterocycles. The Bertz CT molecular complexity index is 248. The molecule has 0 fully saturated rings. The third-order valence-corrected chi connectivity index (χ3v) is 2.83. The maximum absolute atomic E-state index is 5.97. The molecule has 13 heavy (non-hydrogen) atoms. The summed E-state index contributed by atoms with van der Waals surface area (Å²) in [4.78, 5) is 0. The summed E-state index contributed by atoms with van der Waals surface area (Å²) < 4.78 is 0. The van der Waals surface area contributed by atoms with Gasteiger partial charge < -0.3 is 0 Å². The Morgan fingerprint density at radius 2 is 1.54 bits per heavy atom. The molecule has 1 aromatic carbocycles. The van der Waals surface area contributed by atoms with Gasteiger partial charge >= 0.3 is 0 Å². The fourth-order valence-corrected chi connectivity index (χ4v) is 1.47. The van der Waals surface area contributed by atoms with Crippen molar-refractivity contribution < 1.29 is 0 Å². The van der Waals surface area contributed by atoms with Gasteiger partial charge in [-0.3, -0.25) is 0 Å². The highest BCUT2D eigenvalue weighted by atomic mass is 35.5. The molecule has 2 atom stereocenters. The molecule has 72 valence electrons. The van der Waals surface area contributed by atoms with Crippen LogP contribution in [0.2, 0.25) is 0 Å². The van der Waals surface area contributed by atoms with E-state index in [9.17, 15) is 0 Å². The zero-order valence-corrected chi connectivity index (χ0v) is 9.31. The van der Waals surface area contributed by atoms with Crippen LogP contribution in [0, 0.1) is 0 Å². The Kier molecular flexibility index (Phi) is 3.80. The minimum absolute atomic E-state index is 0.117. The zero-order valence-electron chi connectivity index (χ0n) is 8.55. The van der Waals surface area contributed by atoms with E-state index in [2.05, 4.69) is 38.1 Å². The first-order valence-electron chi connectivity index (χ1n) is 4.89. The van der Waals surface area contributed by atoms with E-state index in [1.165, 1.54) is 17.5 Å². The van der Waals surface area contributed by atoms with Crippen LogP contribution < -0.4 is 0 Å². The summed E-state index contributed by atoms with van der Waals surface area (Å²) in [5, 5.41) is 0.117. The molecule has 0 spiro atoms. The van der Waals surface area contributed by atoms with Gasteiger partial charge in [-0.2, -0.15) is 0 Å². The molecule has 0 aliphatic heterocycles. The van der Waals surface area contributed by atoms with Crippen LogP contribution in [0.25, 0.3) is 0 Å². The molecular formula is C12H17Cl. The second-order valence-electron chi connectivity index (χ2n) is 3.59. The molecule has 0 saturated carbocycles. The molecule has 0 aromatic heterocycles. The standard InChI is InChI=1S/C12H17Cl/c1-4-9(2)11-5-7-12(8-6-11)10(3)13/h5-10H,4H2,1-3H3. The molecule has 0 aliphatic rings. The maximum Gasteiger partial charge on any atom is 0.0557 e. The summed E-state index contributed by atoms with van der Waals surface area (Å²) in [6, 6.07) is 8.61. The van der Waals surface area contributed by atoms with Crippen LogP contribution in [0.1, 0.15) is 49.6 Å². The van der Waals surface area contributed by atoms with Crippen molar-refractivity contribution in [1.82, 2.24) is 0 Å². The van der Waals surface area contributed by atoms with Crippen molar-refractivity contribution in [2.45, 2.75) is 38.5 Å². The zero-order chi connectivity index (χ0) is 9.84. The molecule has 1 heteroatoms. The van der Waals surface area contributed by atoms with Crippen molar-refractivity contribution in [1.29, 1.82) is 0 Å². The summed E-state index contributed by atoms with van der Waals surface area (Å²) >= 11 is 5.97. The van der Waals surface area contributed by atoms with Gasteiger partial charge in [0.05, 0.1) is 5.38 Å². The molecule has 0 amide bonds. The van der Waals surface area contributed by atoms with Gasteiger partial charge in [0, 0.05) is 0 Å². The third kappa shape index (κ3) is 2.73. The Morgan fingerprint density at radius 1 is 1.08 bits per heavy atom. The Morgan fingerprint density at radius 3 is 1.92 bits per heavy atom. The first-order chi connectivity index (χ1) is 6.15. The largest absolute Gasteiger partial charge is 0.118 e. The van der Waals surface area contributed by atoms with Crippen LogP contribution in [0.3, 0.4) is 0 Å². The number of hydrogen-bond acceptors (Lipinski definition) is 0. The van der Waals surface area contributed by atoms with E-state index < -0.39 is 0 Å². The Labute approximate surface area is 85.9 Å². The molecule has 0 N–H and O–H groups in total. The lowest BCUT2D eigenvalue weighted by molar-refractivity contribution is 0.733. The van der Waals surface area contributed by atoms with Gasteiger partial charge in [-0.1, -0.05) is 38.1 Å². The molecule has 0 saturated heterocycles. The van der Waals surface area contributed by atoms with Crippen molar-refractivity contribution in [3.8, 4) is 0 Å². The third-order valence-electron chi connectivity index (χ3n) is 2.58. The van der Waals surface area contributed by atoms with Gasteiger partial charge in [-0.05, 0) is 30.4 Å². The van der Waals surface area contributed by atoms with Crippen LogP contribution in [0.5, 0.6) is 0 Å². The van der Waals surface area contributed by atoms with Gasteiger partial charge in [0.2, 0.25) is 0 Å². The molecule has 1 aromatic rings. The van der Waals surface area contributed by atoms with E-state index in [1.807, 2.05) is 6.92 Å². The average molecular weight is 197 g/mol. The van der Waals surface area contributed by atoms with Crippen molar-refractivity contribution in [3.63, 3.8) is 0 Å². The number of halogens is 1. The van der Waals surface area contributed by atoms with E-state index in [4.69, 9.17) is 11.6 Å². The lowest BCUT2D eigenvalue weighted by atomic mass is 9.97. The predicted molar refractivity (Wildman–Crippen MR) is 59.4 cm³/mol. The molecular weight excluding hydrogens is 180 g/mol. The summed E-state index contributed by atoms with van der Waals surface area (Å²) in [5.74, 6) is 0.652. The molecule has 0 aliphatic carbocycles. The minimum Gasteiger partial charge on any atom is -0.118 e. The Hall–Kier alpha value is -0.490. The molecule has 0 nitrogen and oxygen atoms in total. The van der Waals surface area contributed by atoms with Gasteiger partial charge in [-0.15, -0.1) is 11.6 Å². The van der Waals surface area contributed by atoms with Gasteiger partial charge in [0.1, 0.15) is 0 Å². The van der Waals surface area contributed by atoms with Crippen molar-refractivity contribution in [2.75, 3.05) is 0 Å². The lowest BCUT2D eigenvalue weighted by Crippen LogP contribution is -1.92. The normalized spacial score (nSPS) is 15.4. The second-order valence-corrected chi connectivity index (χ2v) is 4.25. The average Bonchev–Trinajstić information content (AvgIpc) is 2.17. The van der Waals surface area contributed by atoms with E-state index in [-0.39, 0.29) is 5.38 Å². The molecule has 2 unspecified atom stereocenters. The minimum atomic E-state index is 0.117. The Balaban J connectivity index is 2.81. The number of alkyl halides is 1. The van der Waals surface area contributed by atoms with Crippen molar-refractivity contribution in [2.24, 2.45) is 0 Å². The SMILES string of the molecule is CCC(C)c1ccc(C(C)Cl)cc1. The van der Waals surface area contributed by atoms with Crippen molar-refractivity contribution in [3.05, 3.63) is 35.4 Å². The van der Waals surface area contributed by atoms with Gasteiger partial charge in [-0.25, -0.2) is 0 Å². The molecule has 0 bridgehead atoms. The van der Waals surface area contributed by atoms with E-state index in [1.54, 1.807) is 0 Å². The van der Waals surface area contributed by atoms with Crippen LogP contribution in [-0.4, -0.2) is 0 Å². The second kappa shape index (κ2) is 4.66. The summed E-state index contributed by atoms with van der Waals surface area (Å²) in [7, 11) is 0. The number of rotatable bonds is 3. The van der Waals surface area contributed by atoms with Crippen LogP contribution >= 0.6 is 11.6 Å². The molecule has 1 rings (SSSR count). The summed E-state index contributed by atoms with van der Waals surface area (Å²) in [6.07, 6.45) is 1.19. The van der Waals surface area contributed by atoms with E-state index in [0.29, 0.717) is 5.92 Å². The van der Waals surface area contributed by atoms with Crippen LogP contribution in [0.15, 0.2) is 24.3 Å². The number of benzene rings is 1. The molecule has 0 radical (unpaired) electrons. The smallest absolute Gasteiger partial charge is 0.0557 e. The van der Waals surface area contributed by atoms with Crippen LogP contribution in [-0.2, 0) is 0 Å². The fraction of sp³-hybridized carbons (Fsp3) is 0.500. The summed E-state index contributed by atoms with van der Waals surface area (Å²) in [6.45, 7) is 6.46. The lowest BCUT2D eigenvalue weighted by Gasteiger charge is -2.10.